The van der Waals surface area contributed by atoms with Gasteiger partial charge in [-0.15, -0.1) is 0 Å². The number of aliphatic hydroxyl groups is 2. The average Bonchev–Trinajstić information content (AvgIpc) is 2.98. The van der Waals surface area contributed by atoms with Crippen LogP contribution >= 0.6 is 0 Å². The van der Waals surface area contributed by atoms with Crippen molar-refractivity contribution < 1.29 is 10.2 Å². The summed E-state index contributed by atoms with van der Waals surface area (Å²) in [5.74, 6) is 2.73. The molecule has 2 N–H and O–H groups in total. The number of fused-ring (bicyclic) bond motifs is 5. The summed E-state index contributed by atoms with van der Waals surface area (Å²) >= 11 is 0. The molecule has 31 heavy (non-hydrogen) atoms. The molecule has 0 saturated heterocycles. The first-order valence-electron chi connectivity index (χ1n) is 13.2. The van der Waals surface area contributed by atoms with Crippen LogP contribution < -0.4 is 0 Å². The van der Waals surface area contributed by atoms with E-state index in [1.807, 2.05) is 0 Å². The Balaban J connectivity index is 1.61. The van der Waals surface area contributed by atoms with Gasteiger partial charge in [-0.3, -0.25) is 0 Å². The molecule has 0 spiro atoms. The maximum absolute atomic E-state index is 11.5. The largest absolute Gasteiger partial charge is 0.393 e. The lowest BCUT2D eigenvalue weighted by atomic mass is 9.43. The van der Waals surface area contributed by atoms with Crippen molar-refractivity contribution in [1.82, 2.24) is 0 Å². The zero-order chi connectivity index (χ0) is 22.8. The highest BCUT2D eigenvalue weighted by atomic mass is 16.3. The molecular formula is C29H48O2. The zero-order valence-corrected chi connectivity index (χ0v) is 21.1. The molecule has 0 aromatic heterocycles. The smallest absolute Gasteiger partial charge is 0.0614 e. The van der Waals surface area contributed by atoms with Crippen LogP contribution in [0.5, 0.6) is 0 Å². The van der Waals surface area contributed by atoms with E-state index in [-0.39, 0.29) is 28.5 Å². The van der Waals surface area contributed by atoms with Gasteiger partial charge in [0.2, 0.25) is 0 Å². The quantitative estimate of drug-likeness (QED) is 0.467. The van der Waals surface area contributed by atoms with Gasteiger partial charge in [-0.05, 0) is 97.7 Å². The van der Waals surface area contributed by atoms with Gasteiger partial charge in [0.05, 0.1) is 12.2 Å². The Hall–Kier alpha value is -0.600. The first-order chi connectivity index (χ1) is 14.4. The van der Waals surface area contributed by atoms with Crippen molar-refractivity contribution in [3.63, 3.8) is 0 Å². The van der Waals surface area contributed by atoms with Crippen molar-refractivity contribution in [2.24, 2.45) is 45.8 Å². The highest BCUT2D eigenvalue weighted by Crippen LogP contribution is 2.71. The van der Waals surface area contributed by atoms with Crippen molar-refractivity contribution in [1.29, 1.82) is 0 Å². The molecule has 2 nitrogen and oxygen atoms in total. The minimum atomic E-state index is -0.256. The molecule has 3 saturated carbocycles. The Labute approximate surface area is 191 Å². The van der Waals surface area contributed by atoms with E-state index in [0.29, 0.717) is 23.7 Å². The minimum absolute atomic E-state index is 0.173. The number of allylic oxidation sites excluding steroid dienone is 2. The molecule has 0 unspecified atom stereocenters. The number of rotatable bonds is 5. The van der Waals surface area contributed by atoms with Crippen molar-refractivity contribution in [3.05, 3.63) is 23.8 Å². The van der Waals surface area contributed by atoms with Gasteiger partial charge in [-0.2, -0.15) is 0 Å². The maximum Gasteiger partial charge on any atom is 0.0614 e. The van der Waals surface area contributed by atoms with Gasteiger partial charge < -0.3 is 10.2 Å². The van der Waals surface area contributed by atoms with Gasteiger partial charge in [-0.1, -0.05) is 65.3 Å². The molecule has 3 fully saturated rings. The van der Waals surface area contributed by atoms with E-state index < -0.39 is 0 Å². The van der Waals surface area contributed by atoms with Gasteiger partial charge in [0.15, 0.2) is 0 Å². The molecule has 0 aromatic rings. The molecule has 0 aromatic carbocycles. The van der Waals surface area contributed by atoms with Crippen LogP contribution in [0.2, 0.25) is 0 Å². The molecular weight excluding hydrogens is 380 g/mol. The van der Waals surface area contributed by atoms with Crippen LogP contribution in [0, 0.1) is 45.8 Å². The molecule has 4 aliphatic rings. The van der Waals surface area contributed by atoms with Crippen LogP contribution in [-0.2, 0) is 0 Å². The summed E-state index contributed by atoms with van der Waals surface area (Å²) in [6.45, 7) is 18.8. The van der Waals surface area contributed by atoms with Crippen LogP contribution in [0.3, 0.4) is 0 Å². The van der Waals surface area contributed by atoms with Gasteiger partial charge >= 0.3 is 0 Å². The van der Waals surface area contributed by atoms with E-state index >= 15 is 0 Å². The van der Waals surface area contributed by atoms with E-state index in [4.69, 9.17) is 0 Å². The topological polar surface area (TPSA) is 40.5 Å². The summed E-state index contributed by atoms with van der Waals surface area (Å²) in [5, 5.41) is 21.8. The predicted octanol–water partition coefficient (Wildman–Crippen LogP) is 6.92. The Morgan fingerprint density at radius 2 is 1.77 bits per heavy atom. The van der Waals surface area contributed by atoms with Crippen LogP contribution in [-0.4, -0.2) is 22.4 Å². The minimum Gasteiger partial charge on any atom is -0.393 e. The van der Waals surface area contributed by atoms with Crippen molar-refractivity contribution in [2.45, 2.75) is 112 Å². The number of hydrogen-bond acceptors (Lipinski definition) is 2. The second-order valence-electron chi connectivity index (χ2n) is 13.0. The third kappa shape index (κ3) is 3.50. The molecule has 0 radical (unpaired) electrons. The lowest BCUT2D eigenvalue weighted by Gasteiger charge is -2.62. The summed E-state index contributed by atoms with van der Waals surface area (Å²) in [4.78, 5) is 0. The summed E-state index contributed by atoms with van der Waals surface area (Å²) in [5.41, 5.74) is 3.56. The number of aliphatic hydroxyl groups excluding tert-OH is 2. The van der Waals surface area contributed by atoms with Crippen LogP contribution in [0.4, 0.5) is 0 Å². The van der Waals surface area contributed by atoms with E-state index in [2.05, 4.69) is 54.2 Å². The maximum atomic E-state index is 11.5. The molecule has 4 aliphatic carbocycles. The molecule has 176 valence electrons. The van der Waals surface area contributed by atoms with Gasteiger partial charge in [0.1, 0.15) is 0 Å². The molecule has 0 heterocycles. The van der Waals surface area contributed by atoms with E-state index in [0.717, 1.165) is 44.4 Å². The van der Waals surface area contributed by atoms with Crippen LogP contribution in [0.25, 0.3) is 0 Å². The summed E-state index contributed by atoms with van der Waals surface area (Å²) in [7, 11) is 0. The lowest BCUT2D eigenvalue weighted by Crippen LogP contribution is -2.57. The van der Waals surface area contributed by atoms with E-state index in [9.17, 15) is 10.2 Å². The average molecular weight is 429 g/mol. The third-order valence-corrected chi connectivity index (χ3v) is 11.3. The van der Waals surface area contributed by atoms with Gasteiger partial charge in [0, 0.05) is 5.92 Å². The second-order valence-corrected chi connectivity index (χ2v) is 13.0. The Bertz CT molecular complexity index is 737. The van der Waals surface area contributed by atoms with Crippen LogP contribution in [0.15, 0.2) is 23.8 Å². The van der Waals surface area contributed by atoms with Gasteiger partial charge in [-0.25, -0.2) is 0 Å². The molecule has 4 rings (SSSR count). The fourth-order valence-corrected chi connectivity index (χ4v) is 8.75. The van der Waals surface area contributed by atoms with E-state index in [1.54, 1.807) is 5.57 Å². The Kier molecular flexibility index (Phi) is 6.09. The SMILES string of the molecule is C=C(CC[C@@H](C)[C@H]1CC[C@@]2(C)[C@H]3C(=CC[C@]12C)[C@@]1(C)CC[C@@H](O)C[C@@H]1C[C@H]3O)C(C)C. The fourth-order valence-electron chi connectivity index (χ4n) is 8.75. The summed E-state index contributed by atoms with van der Waals surface area (Å²) in [6.07, 6.45) is 12.0. The normalized spacial score (nSPS) is 47.9. The van der Waals surface area contributed by atoms with E-state index in [1.165, 1.54) is 24.8 Å². The monoisotopic (exact) mass is 428 g/mol. The molecule has 0 bridgehead atoms. The lowest BCUT2D eigenvalue weighted by molar-refractivity contribution is -0.109. The highest BCUT2D eigenvalue weighted by Gasteiger charge is 2.65. The number of hydrogen-bond donors (Lipinski definition) is 2. The zero-order valence-electron chi connectivity index (χ0n) is 21.1. The van der Waals surface area contributed by atoms with Crippen molar-refractivity contribution in [2.75, 3.05) is 0 Å². The standard InChI is InChI=1S/C29H48O2/c1-18(2)19(3)8-9-20(4)23-11-15-29(7)26-24(12-14-28(23,29)6)27(5)13-10-22(30)16-21(27)17-25(26)31/h12,18,20-23,25-26,30-31H,3,8-11,13-17H2,1-2,4-7H3/t20-,21-,22-,23-,25-,26+,27+,28-,29+/m1/s1. The molecule has 0 aliphatic heterocycles. The van der Waals surface area contributed by atoms with Crippen molar-refractivity contribution in [3.8, 4) is 0 Å². The fraction of sp³-hybridized carbons (Fsp3) is 0.862. The third-order valence-electron chi connectivity index (χ3n) is 11.3. The van der Waals surface area contributed by atoms with Gasteiger partial charge in [0.25, 0.3) is 0 Å². The van der Waals surface area contributed by atoms with Crippen molar-refractivity contribution >= 4 is 0 Å². The molecule has 2 heteroatoms. The highest BCUT2D eigenvalue weighted by molar-refractivity contribution is 5.33. The first kappa shape index (κ1) is 23.6. The Morgan fingerprint density at radius 3 is 2.45 bits per heavy atom. The van der Waals surface area contributed by atoms with Crippen LogP contribution in [0.1, 0.15) is 99.3 Å². The second kappa shape index (κ2) is 8.01. The first-order valence-corrected chi connectivity index (χ1v) is 13.2. The Morgan fingerprint density at radius 1 is 1.06 bits per heavy atom. The molecule has 0 amide bonds. The predicted molar refractivity (Wildman–Crippen MR) is 130 cm³/mol. The molecule has 9 atom stereocenters. The summed E-state index contributed by atoms with van der Waals surface area (Å²) < 4.78 is 0. The summed E-state index contributed by atoms with van der Waals surface area (Å²) in [6, 6.07) is 0.